The average molecular weight is 223 g/mol. The average Bonchev–Trinajstić information content (AvgIpc) is 2.31. The number of rotatable bonds is 3. The second kappa shape index (κ2) is 5.30. The summed E-state index contributed by atoms with van der Waals surface area (Å²) in [5, 5.41) is 3.37. The molecular formula is C13H18FNO. The van der Waals surface area contributed by atoms with E-state index in [0.29, 0.717) is 11.7 Å². The van der Waals surface area contributed by atoms with Crippen LogP contribution in [0.5, 0.6) is 5.75 Å². The molecule has 1 aromatic carbocycles. The molecule has 0 aromatic heterocycles. The largest absolute Gasteiger partial charge is 0.494 e. The Bertz CT molecular complexity index is 348. The van der Waals surface area contributed by atoms with Gasteiger partial charge in [-0.05, 0) is 56.0 Å². The molecule has 3 heteroatoms. The SMILES string of the molecule is COc1ccc(C[C@H]2CCCNC2)cc1F. The first kappa shape index (κ1) is 11.4. The molecule has 1 saturated heterocycles. The van der Waals surface area contributed by atoms with Crippen LogP contribution in [0, 0.1) is 11.7 Å². The van der Waals surface area contributed by atoms with E-state index in [9.17, 15) is 4.39 Å². The zero-order valence-corrected chi connectivity index (χ0v) is 9.63. The fourth-order valence-corrected chi connectivity index (χ4v) is 2.27. The molecule has 1 aliphatic heterocycles. The minimum atomic E-state index is -0.260. The third-order valence-corrected chi connectivity index (χ3v) is 3.14. The minimum absolute atomic E-state index is 0.260. The van der Waals surface area contributed by atoms with Crippen LogP contribution in [0.1, 0.15) is 18.4 Å². The van der Waals surface area contributed by atoms with Crippen molar-refractivity contribution < 1.29 is 9.13 Å². The Hall–Kier alpha value is -1.09. The van der Waals surface area contributed by atoms with Gasteiger partial charge in [-0.3, -0.25) is 0 Å². The van der Waals surface area contributed by atoms with Crippen LogP contribution < -0.4 is 10.1 Å². The standard InChI is InChI=1S/C13H18FNO/c1-16-13-5-4-10(8-12(13)14)7-11-3-2-6-15-9-11/h4-5,8,11,15H,2-3,6-7,9H2,1H3/t11-/m1/s1. The molecule has 1 N–H and O–H groups in total. The van der Waals surface area contributed by atoms with E-state index in [1.54, 1.807) is 12.1 Å². The van der Waals surface area contributed by atoms with Gasteiger partial charge in [-0.15, -0.1) is 0 Å². The Morgan fingerprint density at radius 3 is 3.00 bits per heavy atom. The molecule has 0 spiro atoms. The lowest BCUT2D eigenvalue weighted by Crippen LogP contribution is -2.30. The highest BCUT2D eigenvalue weighted by atomic mass is 19.1. The first-order valence-corrected chi connectivity index (χ1v) is 5.82. The lowest BCUT2D eigenvalue weighted by Gasteiger charge is -2.22. The van der Waals surface area contributed by atoms with Crippen LogP contribution >= 0.6 is 0 Å². The Labute approximate surface area is 95.8 Å². The smallest absolute Gasteiger partial charge is 0.165 e. The summed E-state index contributed by atoms with van der Waals surface area (Å²) in [6.07, 6.45) is 3.41. The maximum Gasteiger partial charge on any atom is 0.165 e. The zero-order chi connectivity index (χ0) is 11.4. The molecule has 0 saturated carbocycles. The van der Waals surface area contributed by atoms with Gasteiger partial charge in [0.2, 0.25) is 0 Å². The molecule has 1 aromatic rings. The van der Waals surface area contributed by atoms with E-state index in [-0.39, 0.29) is 5.82 Å². The second-order valence-electron chi connectivity index (χ2n) is 4.39. The lowest BCUT2D eigenvalue weighted by atomic mass is 9.92. The van der Waals surface area contributed by atoms with Crippen molar-refractivity contribution in [3.8, 4) is 5.75 Å². The number of benzene rings is 1. The van der Waals surface area contributed by atoms with Crippen LogP contribution in [0.25, 0.3) is 0 Å². The predicted octanol–water partition coefficient (Wildman–Crippen LogP) is 2.38. The molecule has 2 rings (SSSR count). The first-order valence-electron chi connectivity index (χ1n) is 5.82. The van der Waals surface area contributed by atoms with Gasteiger partial charge in [-0.2, -0.15) is 0 Å². The number of halogens is 1. The molecule has 1 fully saturated rings. The molecule has 2 nitrogen and oxygen atoms in total. The fourth-order valence-electron chi connectivity index (χ4n) is 2.27. The Morgan fingerprint density at radius 2 is 2.38 bits per heavy atom. The minimum Gasteiger partial charge on any atom is -0.494 e. The molecule has 0 unspecified atom stereocenters. The van der Waals surface area contributed by atoms with E-state index in [4.69, 9.17) is 4.74 Å². The van der Waals surface area contributed by atoms with Crippen molar-refractivity contribution in [3.05, 3.63) is 29.6 Å². The van der Waals surface area contributed by atoms with Crippen molar-refractivity contribution in [1.29, 1.82) is 0 Å². The number of piperidine rings is 1. The molecule has 88 valence electrons. The van der Waals surface area contributed by atoms with Crippen molar-refractivity contribution in [1.82, 2.24) is 5.32 Å². The molecule has 0 aliphatic carbocycles. The monoisotopic (exact) mass is 223 g/mol. The third-order valence-electron chi connectivity index (χ3n) is 3.14. The summed E-state index contributed by atoms with van der Waals surface area (Å²) in [6, 6.07) is 5.25. The summed E-state index contributed by atoms with van der Waals surface area (Å²) < 4.78 is 18.4. The van der Waals surface area contributed by atoms with Crippen LogP contribution in [0.15, 0.2) is 18.2 Å². The van der Waals surface area contributed by atoms with Gasteiger partial charge in [0.1, 0.15) is 0 Å². The van der Waals surface area contributed by atoms with Crippen molar-refractivity contribution in [3.63, 3.8) is 0 Å². The Kier molecular flexibility index (Phi) is 3.78. The van der Waals surface area contributed by atoms with Crippen molar-refractivity contribution in [2.75, 3.05) is 20.2 Å². The highest BCUT2D eigenvalue weighted by Gasteiger charge is 2.14. The van der Waals surface area contributed by atoms with Crippen LogP contribution in [0.2, 0.25) is 0 Å². The Morgan fingerprint density at radius 1 is 1.50 bits per heavy atom. The number of ether oxygens (including phenoxy) is 1. The van der Waals surface area contributed by atoms with Gasteiger partial charge >= 0.3 is 0 Å². The number of hydrogen-bond donors (Lipinski definition) is 1. The van der Waals surface area contributed by atoms with Gasteiger partial charge in [-0.1, -0.05) is 6.07 Å². The van der Waals surface area contributed by atoms with Crippen molar-refractivity contribution in [2.24, 2.45) is 5.92 Å². The zero-order valence-electron chi connectivity index (χ0n) is 9.63. The van der Waals surface area contributed by atoms with Gasteiger partial charge in [0.15, 0.2) is 11.6 Å². The van der Waals surface area contributed by atoms with Crippen molar-refractivity contribution in [2.45, 2.75) is 19.3 Å². The van der Waals surface area contributed by atoms with Crippen LogP contribution in [-0.4, -0.2) is 20.2 Å². The quantitative estimate of drug-likeness (QED) is 0.849. The first-order chi connectivity index (χ1) is 7.79. The van der Waals surface area contributed by atoms with Crippen LogP contribution in [0.3, 0.4) is 0 Å². The summed E-state index contributed by atoms with van der Waals surface area (Å²) in [6.45, 7) is 2.17. The third kappa shape index (κ3) is 2.73. The molecule has 1 aliphatic rings. The molecule has 0 amide bonds. The second-order valence-corrected chi connectivity index (χ2v) is 4.39. The number of methoxy groups -OCH3 is 1. The van der Waals surface area contributed by atoms with Gasteiger partial charge in [0, 0.05) is 0 Å². The molecule has 16 heavy (non-hydrogen) atoms. The van der Waals surface area contributed by atoms with Crippen LogP contribution in [0.4, 0.5) is 4.39 Å². The normalized spacial score (nSPS) is 20.8. The summed E-state index contributed by atoms with van der Waals surface area (Å²) in [5.74, 6) is 0.704. The van der Waals surface area contributed by atoms with Crippen molar-refractivity contribution >= 4 is 0 Å². The highest BCUT2D eigenvalue weighted by Crippen LogP contribution is 2.21. The van der Waals surface area contributed by atoms with Gasteiger partial charge < -0.3 is 10.1 Å². The summed E-state index contributed by atoms with van der Waals surface area (Å²) in [5.41, 5.74) is 1.06. The molecule has 0 bridgehead atoms. The van der Waals surface area contributed by atoms with E-state index in [1.165, 1.54) is 20.0 Å². The van der Waals surface area contributed by atoms with Gasteiger partial charge in [0.05, 0.1) is 7.11 Å². The van der Waals surface area contributed by atoms with E-state index < -0.39 is 0 Å². The molecular weight excluding hydrogens is 205 g/mol. The number of hydrogen-bond acceptors (Lipinski definition) is 2. The fraction of sp³-hybridized carbons (Fsp3) is 0.538. The van der Waals surface area contributed by atoms with E-state index in [1.807, 2.05) is 6.07 Å². The maximum atomic E-state index is 13.5. The Balaban J connectivity index is 2.01. The van der Waals surface area contributed by atoms with E-state index in [0.717, 1.165) is 25.1 Å². The molecule has 1 heterocycles. The summed E-state index contributed by atoms with van der Waals surface area (Å²) in [7, 11) is 1.49. The van der Waals surface area contributed by atoms with Gasteiger partial charge in [0.25, 0.3) is 0 Å². The summed E-state index contributed by atoms with van der Waals surface area (Å²) >= 11 is 0. The lowest BCUT2D eigenvalue weighted by molar-refractivity contribution is 0.372. The topological polar surface area (TPSA) is 21.3 Å². The van der Waals surface area contributed by atoms with Crippen LogP contribution in [-0.2, 0) is 6.42 Å². The number of nitrogens with one attached hydrogen (secondary N) is 1. The maximum absolute atomic E-state index is 13.5. The van der Waals surface area contributed by atoms with E-state index in [2.05, 4.69) is 5.32 Å². The molecule has 0 radical (unpaired) electrons. The summed E-state index contributed by atoms with van der Waals surface area (Å²) in [4.78, 5) is 0. The van der Waals surface area contributed by atoms with Gasteiger partial charge in [-0.25, -0.2) is 4.39 Å². The molecule has 1 atom stereocenters. The van der Waals surface area contributed by atoms with E-state index >= 15 is 0 Å². The highest BCUT2D eigenvalue weighted by molar-refractivity contribution is 5.29. The predicted molar refractivity (Wildman–Crippen MR) is 62.2 cm³/mol.